The summed E-state index contributed by atoms with van der Waals surface area (Å²) in [6.45, 7) is 1.88. The van der Waals surface area contributed by atoms with E-state index in [9.17, 15) is 4.79 Å². The number of benzene rings is 1. The van der Waals surface area contributed by atoms with Crippen molar-refractivity contribution < 1.29 is 5.11 Å². The highest BCUT2D eigenvalue weighted by atomic mass is 32.2. The summed E-state index contributed by atoms with van der Waals surface area (Å²) in [5, 5.41) is 9.33. The molecule has 0 unspecified atom stereocenters. The Kier molecular flexibility index (Phi) is 5.61. The van der Waals surface area contributed by atoms with Crippen molar-refractivity contribution in [1.29, 1.82) is 0 Å². The Labute approximate surface area is 127 Å². The highest BCUT2D eigenvalue weighted by Gasteiger charge is 2.01. The van der Waals surface area contributed by atoms with Gasteiger partial charge in [0.2, 0.25) is 0 Å². The molecular weight excluding hydrogens is 284 g/mol. The molecule has 0 fully saturated rings. The van der Waals surface area contributed by atoms with E-state index in [1.165, 1.54) is 17.8 Å². The SMILES string of the molecule is Cc1cc(=O)[nH]c(SCc2cccc(C#CCCO)c2)n1. The van der Waals surface area contributed by atoms with E-state index in [-0.39, 0.29) is 12.2 Å². The number of H-pyrrole nitrogens is 1. The van der Waals surface area contributed by atoms with Crippen LogP contribution in [0, 0.1) is 18.8 Å². The zero-order chi connectivity index (χ0) is 15.1. The molecule has 4 nitrogen and oxygen atoms in total. The van der Waals surface area contributed by atoms with E-state index in [2.05, 4.69) is 21.8 Å². The number of aliphatic hydroxyl groups is 1. The smallest absolute Gasteiger partial charge is 0.251 e. The molecule has 0 saturated heterocycles. The first-order chi connectivity index (χ1) is 10.2. The van der Waals surface area contributed by atoms with Crippen LogP contribution >= 0.6 is 11.8 Å². The lowest BCUT2D eigenvalue weighted by Crippen LogP contribution is -2.08. The van der Waals surface area contributed by atoms with Gasteiger partial charge >= 0.3 is 0 Å². The van der Waals surface area contributed by atoms with Crippen molar-refractivity contribution in [3.63, 3.8) is 0 Å². The summed E-state index contributed by atoms with van der Waals surface area (Å²) in [4.78, 5) is 18.4. The fourth-order valence-corrected chi connectivity index (χ4v) is 2.60. The molecule has 1 aromatic heterocycles. The van der Waals surface area contributed by atoms with E-state index in [0.717, 1.165) is 11.1 Å². The third kappa shape index (κ3) is 5.10. The summed E-state index contributed by atoms with van der Waals surface area (Å²) in [7, 11) is 0. The first-order valence-electron chi connectivity index (χ1n) is 6.57. The Hall–Kier alpha value is -2.03. The number of aryl methyl sites for hydroxylation is 1. The van der Waals surface area contributed by atoms with E-state index < -0.39 is 0 Å². The lowest BCUT2D eigenvalue weighted by atomic mass is 10.1. The van der Waals surface area contributed by atoms with Crippen LogP contribution in [0.1, 0.15) is 23.2 Å². The molecule has 0 bridgehead atoms. The van der Waals surface area contributed by atoms with Gasteiger partial charge in [0.15, 0.2) is 5.16 Å². The number of aliphatic hydroxyl groups excluding tert-OH is 1. The number of aromatic amines is 1. The van der Waals surface area contributed by atoms with Crippen LogP contribution in [0.4, 0.5) is 0 Å². The van der Waals surface area contributed by atoms with Crippen LogP contribution in [-0.2, 0) is 5.75 Å². The van der Waals surface area contributed by atoms with Gasteiger partial charge in [-0.1, -0.05) is 35.7 Å². The van der Waals surface area contributed by atoms with Gasteiger partial charge in [-0.3, -0.25) is 4.79 Å². The lowest BCUT2D eigenvalue weighted by molar-refractivity contribution is 0.305. The Bertz CT molecular complexity index is 729. The van der Waals surface area contributed by atoms with E-state index in [4.69, 9.17) is 5.11 Å². The molecule has 0 radical (unpaired) electrons. The van der Waals surface area contributed by atoms with E-state index in [1.54, 1.807) is 6.92 Å². The van der Waals surface area contributed by atoms with Gasteiger partial charge in [0.1, 0.15) is 0 Å². The maximum absolute atomic E-state index is 11.4. The highest BCUT2D eigenvalue weighted by Crippen LogP contribution is 2.18. The van der Waals surface area contributed by atoms with Gasteiger partial charge in [-0.25, -0.2) is 4.98 Å². The molecule has 2 aromatic rings. The number of rotatable bonds is 4. The van der Waals surface area contributed by atoms with E-state index >= 15 is 0 Å². The number of aromatic nitrogens is 2. The Balaban J connectivity index is 2.05. The quantitative estimate of drug-likeness (QED) is 0.515. The van der Waals surface area contributed by atoms with Gasteiger partial charge in [0.25, 0.3) is 5.56 Å². The average molecular weight is 300 g/mol. The third-order valence-electron chi connectivity index (χ3n) is 2.62. The predicted octanol–water partition coefficient (Wildman–Crippen LogP) is 2.10. The molecule has 0 aliphatic carbocycles. The molecule has 0 amide bonds. The molecule has 0 saturated carbocycles. The number of hydrogen-bond acceptors (Lipinski definition) is 4. The summed E-state index contributed by atoms with van der Waals surface area (Å²) in [6.07, 6.45) is 0.480. The minimum Gasteiger partial charge on any atom is -0.395 e. The normalized spacial score (nSPS) is 10.0. The molecule has 0 aliphatic rings. The minimum atomic E-state index is -0.131. The largest absolute Gasteiger partial charge is 0.395 e. The maximum atomic E-state index is 11.4. The van der Waals surface area contributed by atoms with Crippen molar-refractivity contribution in [2.75, 3.05) is 6.61 Å². The van der Waals surface area contributed by atoms with Gasteiger partial charge in [0.05, 0.1) is 6.61 Å². The maximum Gasteiger partial charge on any atom is 0.251 e. The van der Waals surface area contributed by atoms with Crippen molar-refractivity contribution in [3.05, 3.63) is 57.5 Å². The van der Waals surface area contributed by atoms with Crippen molar-refractivity contribution in [2.45, 2.75) is 24.3 Å². The second kappa shape index (κ2) is 7.67. The van der Waals surface area contributed by atoms with Gasteiger partial charge in [-0.2, -0.15) is 0 Å². The molecule has 21 heavy (non-hydrogen) atoms. The predicted molar refractivity (Wildman–Crippen MR) is 84.2 cm³/mol. The monoisotopic (exact) mass is 300 g/mol. The van der Waals surface area contributed by atoms with Crippen LogP contribution in [0.5, 0.6) is 0 Å². The molecule has 108 valence electrons. The molecule has 2 rings (SSSR count). The summed E-state index contributed by atoms with van der Waals surface area (Å²) in [5.41, 5.74) is 2.62. The molecule has 1 heterocycles. The first kappa shape index (κ1) is 15.4. The molecule has 5 heteroatoms. The Morgan fingerprint density at radius 3 is 3.00 bits per heavy atom. The number of nitrogens with zero attached hydrogens (tertiary/aromatic N) is 1. The van der Waals surface area contributed by atoms with Crippen molar-refractivity contribution in [2.24, 2.45) is 0 Å². The van der Waals surface area contributed by atoms with Crippen molar-refractivity contribution in [1.82, 2.24) is 9.97 Å². The molecule has 0 aliphatic heterocycles. The third-order valence-corrected chi connectivity index (χ3v) is 3.56. The summed E-state index contributed by atoms with van der Waals surface area (Å²) in [6, 6.07) is 9.38. The average Bonchev–Trinajstić information content (AvgIpc) is 2.45. The molecule has 1 aromatic carbocycles. The fourth-order valence-electron chi connectivity index (χ4n) is 1.73. The summed E-state index contributed by atoms with van der Waals surface area (Å²) in [5.74, 6) is 6.62. The topological polar surface area (TPSA) is 66.0 Å². The second-order valence-corrected chi connectivity index (χ2v) is 5.42. The van der Waals surface area contributed by atoms with Gasteiger partial charge in [-0.15, -0.1) is 0 Å². The van der Waals surface area contributed by atoms with Crippen molar-refractivity contribution >= 4 is 11.8 Å². The summed E-state index contributed by atoms with van der Waals surface area (Å²) >= 11 is 1.48. The van der Waals surface area contributed by atoms with Crippen LogP contribution < -0.4 is 5.56 Å². The van der Waals surface area contributed by atoms with Crippen molar-refractivity contribution in [3.8, 4) is 11.8 Å². The number of hydrogen-bond donors (Lipinski definition) is 2. The first-order valence-corrected chi connectivity index (χ1v) is 7.55. The fraction of sp³-hybridized carbons (Fsp3) is 0.250. The van der Waals surface area contributed by atoms with E-state index in [0.29, 0.717) is 23.0 Å². The van der Waals surface area contributed by atoms with Gasteiger partial charge < -0.3 is 10.1 Å². The Morgan fingerprint density at radius 2 is 2.24 bits per heavy atom. The lowest BCUT2D eigenvalue weighted by Gasteiger charge is -2.02. The summed E-state index contributed by atoms with van der Waals surface area (Å²) < 4.78 is 0. The second-order valence-electron chi connectivity index (χ2n) is 4.46. The van der Waals surface area contributed by atoms with Crippen LogP contribution in [0.2, 0.25) is 0 Å². The highest BCUT2D eigenvalue weighted by molar-refractivity contribution is 7.98. The molecular formula is C16H16N2O2S. The zero-order valence-electron chi connectivity index (χ0n) is 11.7. The molecule has 0 atom stereocenters. The van der Waals surface area contributed by atoms with Crippen LogP contribution in [0.25, 0.3) is 0 Å². The standard InChI is InChI=1S/C16H16N2O2S/c1-12-9-15(20)18-16(17-12)21-11-14-7-4-6-13(10-14)5-2-3-8-19/h4,6-7,9-10,19H,3,8,11H2,1H3,(H,17,18,20). The van der Waals surface area contributed by atoms with Gasteiger partial charge in [-0.05, 0) is 24.6 Å². The number of nitrogens with one attached hydrogen (secondary N) is 1. The molecule has 0 spiro atoms. The van der Waals surface area contributed by atoms with Gasteiger partial charge in [0, 0.05) is 29.5 Å². The van der Waals surface area contributed by atoms with Crippen LogP contribution in [-0.4, -0.2) is 21.7 Å². The minimum absolute atomic E-state index is 0.0783. The van der Waals surface area contributed by atoms with Crippen LogP contribution in [0.15, 0.2) is 40.3 Å². The van der Waals surface area contributed by atoms with Crippen LogP contribution in [0.3, 0.4) is 0 Å². The molecule has 2 N–H and O–H groups in total. The van der Waals surface area contributed by atoms with E-state index in [1.807, 2.05) is 24.3 Å². The number of thioether (sulfide) groups is 1. The Morgan fingerprint density at radius 1 is 1.38 bits per heavy atom. The zero-order valence-corrected chi connectivity index (χ0v) is 12.5.